The first kappa shape index (κ1) is 17.1. The van der Waals surface area contributed by atoms with Crippen molar-refractivity contribution in [3.05, 3.63) is 58.8 Å². The van der Waals surface area contributed by atoms with Crippen molar-refractivity contribution in [3.8, 4) is 22.8 Å². The minimum absolute atomic E-state index is 0.0425. The lowest BCUT2D eigenvalue weighted by atomic mass is 10.1. The number of fused-ring (bicyclic) bond motifs is 1. The van der Waals surface area contributed by atoms with E-state index in [4.69, 9.17) is 13.9 Å². The standard InChI is InChI=1S/C20H17NO6/c22-15-10-14(26-20(24)21-6-8-25-9-7-21)11-18-19(15)16(23)12-17(27-18)13-4-2-1-3-5-13/h1-5,10-12,22H,6-9H2. The van der Waals surface area contributed by atoms with E-state index in [0.29, 0.717) is 32.1 Å². The van der Waals surface area contributed by atoms with E-state index in [0.717, 1.165) is 5.56 Å². The third kappa shape index (κ3) is 3.50. The highest BCUT2D eigenvalue weighted by Gasteiger charge is 2.20. The Kier molecular flexibility index (Phi) is 4.52. The number of rotatable bonds is 2. The van der Waals surface area contributed by atoms with Gasteiger partial charge in [-0.15, -0.1) is 0 Å². The fraction of sp³-hybridized carbons (Fsp3) is 0.200. The molecule has 7 heteroatoms. The molecule has 0 radical (unpaired) electrons. The van der Waals surface area contributed by atoms with Crippen LogP contribution in [0, 0.1) is 0 Å². The number of phenols is 1. The summed E-state index contributed by atoms with van der Waals surface area (Å²) in [5.41, 5.74) is 0.497. The number of nitrogens with zero attached hydrogens (tertiary/aromatic N) is 1. The SMILES string of the molecule is O=C(Oc1cc(O)c2c(=O)cc(-c3ccccc3)oc2c1)N1CCOCC1. The van der Waals surface area contributed by atoms with Crippen LogP contribution in [0.15, 0.2) is 57.7 Å². The number of aromatic hydroxyl groups is 1. The molecule has 0 atom stereocenters. The van der Waals surface area contributed by atoms with Gasteiger partial charge in [0.15, 0.2) is 5.43 Å². The average molecular weight is 367 g/mol. The van der Waals surface area contributed by atoms with Gasteiger partial charge in [-0.05, 0) is 0 Å². The summed E-state index contributed by atoms with van der Waals surface area (Å²) in [5, 5.41) is 10.3. The lowest BCUT2D eigenvalue weighted by Crippen LogP contribution is -2.42. The van der Waals surface area contributed by atoms with Crippen LogP contribution < -0.4 is 10.2 Å². The molecule has 1 aliphatic heterocycles. The molecule has 0 saturated carbocycles. The molecule has 0 spiro atoms. The third-order valence-corrected chi connectivity index (χ3v) is 4.32. The summed E-state index contributed by atoms with van der Waals surface area (Å²) < 4.78 is 16.3. The Hall–Kier alpha value is -3.32. The van der Waals surface area contributed by atoms with Gasteiger partial charge in [0, 0.05) is 36.9 Å². The van der Waals surface area contributed by atoms with Crippen LogP contribution in [0.4, 0.5) is 4.79 Å². The van der Waals surface area contributed by atoms with Crippen molar-refractivity contribution in [1.82, 2.24) is 4.90 Å². The van der Waals surface area contributed by atoms with Crippen LogP contribution in [0.25, 0.3) is 22.3 Å². The molecular weight excluding hydrogens is 350 g/mol. The maximum absolute atomic E-state index is 12.4. The van der Waals surface area contributed by atoms with Gasteiger partial charge in [0.25, 0.3) is 0 Å². The quantitative estimate of drug-likeness (QED) is 0.749. The van der Waals surface area contributed by atoms with Crippen molar-refractivity contribution in [2.24, 2.45) is 0 Å². The Morgan fingerprint density at radius 3 is 2.56 bits per heavy atom. The Morgan fingerprint density at radius 1 is 1.07 bits per heavy atom. The fourth-order valence-corrected chi connectivity index (χ4v) is 2.96. The molecular formula is C20H17NO6. The van der Waals surface area contributed by atoms with Gasteiger partial charge in [0.2, 0.25) is 0 Å². The first-order valence-corrected chi connectivity index (χ1v) is 8.52. The van der Waals surface area contributed by atoms with Gasteiger partial charge in [-0.1, -0.05) is 30.3 Å². The number of phenolic OH excluding ortho intramolecular Hbond substituents is 1. The van der Waals surface area contributed by atoms with E-state index < -0.39 is 6.09 Å². The smallest absolute Gasteiger partial charge is 0.415 e. The zero-order valence-electron chi connectivity index (χ0n) is 14.4. The van der Waals surface area contributed by atoms with Gasteiger partial charge in [0.1, 0.15) is 28.2 Å². The molecule has 1 N–H and O–H groups in total. The molecule has 3 aromatic rings. The van der Waals surface area contributed by atoms with Crippen LogP contribution in [0.3, 0.4) is 0 Å². The molecule has 1 saturated heterocycles. The minimum Gasteiger partial charge on any atom is -0.507 e. The molecule has 1 aliphatic rings. The molecule has 1 amide bonds. The Balaban J connectivity index is 1.71. The summed E-state index contributed by atoms with van der Waals surface area (Å²) in [7, 11) is 0. The molecule has 138 valence electrons. The van der Waals surface area contributed by atoms with Crippen LogP contribution in [-0.2, 0) is 4.74 Å². The van der Waals surface area contributed by atoms with Crippen molar-refractivity contribution in [2.45, 2.75) is 0 Å². The van der Waals surface area contributed by atoms with E-state index in [2.05, 4.69) is 0 Å². The Bertz CT molecular complexity index is 1040. The van der Waals surface area contributed by atoms with E-state index in [1.54, 1.807) is 0 Å². The second-order valence-electron chi connectivity index (χ2n) is 6.12. The van der Waals surface area contributed by atoms with E-state index in [-0.39, 0.29) is 27.9 Å². The summed E-state index contributed by atoms with van der Waals surface area (Å²) in [6, 6.07) is 13.1. The topological polar surface area (TPSA) is 89.2 Å². The van der Waals surface area contributed by atoms with E-state index in [1.165, 1.54) is 23.1 Å². The molecule has 0 aliphatic carbocycles. The molecule has 0 bridgehead atoms. The third-order valence-electron chi connectivity index (χ3n) is 4.32. The van der Waals surface area contributed by atoms with Gasteiger partial charge in [-0.2, -0.15) is 0 Å². The summed E-state index contributed by atoms with van der Waals surface area (Å²) in [6.07, 6.45) is -0.543. The number of carbonyl (C=O) groups excluding carboxylic acids is 1. The molecule has 1 fully saturated rings. The number of morpholine rings is 1. The highest BCUT2D eigenvalue weighted by molar-refractivity contribution is 5.86. The summed E-state index contributed by atoms with van der Waals surface area (Å²) >= 11 is 0. The second-order valence-corrected chi connectivity index (χ2v) is 6.12. The van der Waals surface area contributed by atoms with Crippen molar-refractivity contribution < 1.29 is 23.8 Å². The van der Waals surface area contributed by atoms with Crippen LogP contribution in [0.2, 0.25) is 0 Å². The second kappa shape index (κ2) is 7.13. The fourth-order valence-electron chi connectivity index (χ4n) is 2.96. The van der Waals surface area contributed by atoms with Crippen LogP contribution >= 0.6 is 0 Å². The Labute approximate surface area is 154 Å². The Morgan fingerprint density at radius 2 is 1.81 bits per heavy atom. The van der Waals surface area contributed by atoms with E-state index in [9.17, 15) is 14.7 Å². The maximum Gasteiger partial charge on any atom is 0.415 e. The summed E-state index contributed by atoms with van der Waals surface area (Å²) in [6.45, 7) is 1.78. The highest BCUT2D eigenvalue weighted by Crippen LogP contribution is 2.31. The normalized spacial score (nSPS) is 14.3. The molecule has 2 aromatic carbocycles. The lowest BCUT2D eigenvalue weighted by Gasteiger charge is -2.25. The predicted octanol–water partition coefficient (Wildman–Crippen LogP) is 3.00. The predicted molar refractivity (Wildman–Crippen MR) is 98.0 cm³/mol. The van der Waals surface area contributed by atoms with Gasteiger partial charge in [-0.3, -0.25) is 4.79 Å². The van der Waals surface area contributed by atoms with E-state index >= 15 is 0 Å². The zero-order valence-corrected chi connectivity index (χ0v) is 14.4. The molecule has 0 unspecified atom stereocenters. The summed E-state index contributed by atoms with van der Waals surface area (Å²) in [4.78, 5) is 26.2. The number of carbonyl (C=O) groups is 1. The molecule has 2 heterocycles. The first-order valence-electron chi connectivity index (χ1n) is 8.52. The number of benzene rings is 2. The lowest BCUT2D eigenvalue weighted by molar-refractivity contribution is 0.0416. The van der Waals surface area contributed by atoms with Crippen molar-refractivity contribution in [2.75, 3.05) is 26.3 Å². The number of ether oxygens (including phenoxy) is 2. The zero-order chi connectivity index (χ0) is 18.8. The molecule has 7 nitrogen and oxygen atoms in total. The van der Waals surface area contributed by atoms with Crippen LogP contribution in [0.5, 0.6) is 11.5 Å². The van der Waals surface area contributed by atoms with Gasteiger partial charge in [0.05, 0.1) is 13.2 Å². The highest BCUT2D eigenvalue weighted by atomic mass is 16.6. The van der Waals surface area contributed by atoms with E-state index in [1.807, 2.05) is 30.3 Å². The molecule has 1 aromatic heterocycles. The van der Waals surface area contributed by atoms with Gasteiger partial charge in [-0.25, -0.2) is 4.79 Å². The molecule has 27 heavy (non-hydrogen) atoms. The van der Waals surface area contributed by atoms with Crippen LogP contribution in [-0.4, -0.2) is 42.4 Å². The average Bonchev–Trinajstić information content (AvgIpc) is 2.68. The van der Waals surface area contributed by atoms with Crippen molar-refractivity contribution in [3.63, 3.8) is 0 Å². The van der Waals surface area contributed by atoms with Crippen LogP contribution in [0.1, 0.15) is 0 Å². The molecule has 4 rings (SSSR count). The maximum atomic E-state index is 12.4. The largest absolute Gasteiger partial charge is 0.507 e. The number of amides is 1. The minimum atomic E-state index is -0.543. The summed E-state index contributed by atoms with van der Waals surface area (Å²) in [5.74, 6) is 0.166. The number of hydrogen-bond acceptors (Lipinski definition) is 6. The van der Waals surface area contributed by atoms with Gasteiger partial charge >= 0.3 is 6.09 Å². The monoisotopic (exact) mass is 367 g/mol. The number of hydrogen-bond donors (Lipinski definition) is 1. The van der Waals surface area contributed by atoms with Gasteiger partial charge < -0.3 is 23.9 Å². The first-order chi connectivity index (χ1) is 13.1. The van der Waals surface area contributed by atoms with Crippen molar-refractivity contribution >= 4 is 17.1 Å². The van der Waals surface area contributed by atoms with Crippen molar-refractivity contribution in [1.29, 1.82) is 0 Å².